The molecule has 1 N–H and O–H groups in total. The first-order valence-electron chi connectivity index (χ1n) is 15.0. The third-order valence-electron chi connectivity index (χ3n) is 7.57. The summed E-state index contributed by atoms with van der Waals surface area (Å²) in [5.41, 5.74) is 0.953. The van der Waals surface area contributed by atoms with Crippen LogP contribution in [0.1, 0.15) is 65.0 Å². The summed E-state index contributed by atoms with van der Waals surface area (Å²) in [6.07, 6.45) is 2.24. The summed E-state index contributed by atoms with van der Waals surface area (Å²) < 4.78 is 16.7. The number of carbonyl (C=O) groups excluding carboxylic acids is 3. The predicted molar refractivity (Wildman–Crippen MR) is 166 cm³/mol. The number of methoxy groups -OCH3 is 1. The van der Waals surface area contributed by atoms with Crippen LogP contribution in [0.2, 0.25) is 5.02 Å². The second kappa shape index (κ2) is 14.4. The Morgan fingerprint density at radius 1 is 1.05 bits per heavy atom. The van der Waals surface area contributed by atoms with Gasteiger partial charge < -0.3 is 29.3 Å². The van der Waals surface area contributed by atoms with Gasteiger partial charge in [-0.1, -0.05) is 41.9 Å². The lowest BCUT2D eigenvalue weighted by Crippen LogP contribution is -2.54. The van der Waals surface area contributed by atoms with Gasteiger partial charge in [0.2, 0.25) is 11.8 Å². The van der Waals surface area contributed by atoms with Crippen LogP contribution in [0.5, 0.6) is 5.75 Å². The highest BCUT2D eigenvalue weighted by Crippen LogP contribution is 2.38. The van der Waals surface area contributed by atoms with Gasteiger partial charge >= 0.3 is 6.09 Å². The fourth-order valence-corrected chi connectivity index (χ4v) is 5.46. The topological polar surface area (TPSA) is 97.4 Å². The quantitative estimate of drug-likeness (QED) is 0.312. The van der Waals surface area contributed by atoms with E-state index in [2.05, 4.69) is 5.32 Å². The van der Waals surface area contributed by atoms with Crippen LogP contribution < -0.4 is 15.0 Å². The molecule has 10 heteroatoms. The van der Waals surface area contributed by atoms with Crippen molar-refractivity contribution in [1.29, 1.82) is 0 Å². The molecule has 1 aliphatic heterocycles. The number of anilines is 1. The number of nitrogens with zero attached hydrogens (tertiary/aromatic N) is 2. The average Bonchev–Trinajstić information content (AvgIpc) is 3.81. The van der Waals surface area contributed by atoms with E-state index >= 15 is 0 Å². The van der Waals surface area contributed by atoms with Crippen LogP contribution in [0.4, 0.5) is 10.5 Å². The van der Waals surface area contributed by atoms with E-state index in [4.69, 9.17) is 25.8 Å². The number of nitrogens with one attached hydrogen (secondary N) is 1. The van der Waals surface area contributed by atoms with E-state index in [9.17, 15) is 14.4 Å². The Kier molecular flexibility index (Phi) is 11.0. The first-order valence-corrected chi connectivity index (χ1v) is 15.4. The van der Waals surface area contributed by atoms with Gasteiger partial charge in [0.1, 0.15) is 11.4 Å². The Labute approximate surface area is 259 Å². The van der Waals surface area contributed by atoms with Crippen molar-refractivity contribution in [2.24, 2.45) is 11.8 Å². The van der Waals surface area contributed by atoms with Crippen LogP contribution in [0.25, 0.3) is 0 Å². The maximum Gasteiger partial charge on any atom is 0.410 e. The first-order chi connectivity index (χ1) is 20.5. The van der Waals surface area contributed by atoms with Crippen LogP contribution >= 0.6 is 11.6 Å². The lowest BCUT2D eigenvalue weighted by molar-refractivity contribution is -0.131. The van der Waals surface area contributed by atoms with Crippen LogP contribution in [-0.4, -0.2) is 67.9 Å². The van der Waals surface area contributed by atoms with Gasteiger partial charge in [-0.25, -0.2) is 4.79 Å². The summed E-state index contributed by atoms with van der Waals surface area (Å²) >= 11 is 6.42. The maximum absolute atomic E-state index is 14.3. The van der Waals surface area contributed by atoms with Gasteiger partial charge in [0.05, 0.1) is 29.5 Å². The summed E-state index contributed by atoms with van der Waals surface area (Å²) in [6, 6.07) is 14.9. The predicted octanol–water partition coefficient (Wildman–Crippen LogP) is 6.00. The number of amides is 3. The number of piperidine rings is 1. The molecule has 0 bridgehead atoms. The molecule has 9 nitrogen and oxygen atoms in total. The molecule has 1 aliphatic carbocycles. The van der Waals surface area contributed by atoms with Crippen molar-refractivity contribution in [3.05, 3.63) is 59.1 Å². The molecule has 2 aliphatic rings. The lowest BCUT2D eigenvalue weighted by Gasteiger charge is -2.39. The zero-order chi connectivity index (χ0) is 31.1. The number of benzene rings is 2. The van der Waals surface area contributed by atoms with Crippen LogP contribution in [0.3, 0.4) is 0 Å². The Hall–Kier alpha value is -3.30. The van der Waals surface area contributed by atoms with Crippen molar-refractivity contribution >= 4 is 35.2 Å². The van der Waals surface area contributed by atoms with E-state index in [0.29, 0.717) is 42.5 Å². The van der Waals surface area contributed by atoms with Crippen molar-refractivity contribution < 1.29 is 28.6 Å². The number of rotatable bonds is 11. The monoisotopic (exact) mass is 613 g/mol. The number of ether oxygens (including phenoxy) is 3. The fraction of sp³-hybridized carbons (Fsp3) is 0.545. The third kappa shape index (κ3) is 9.10. The van der Waals surface area contributed by atoms with E-state index in [1.807, 2.05) is 43.3 Å². The number of halogens is 1. The van der Waals surface area contributed by atoms with Crippen molar-refractivity contribution in [3.8, 4) is 5.75 Å². The Balaban J connectivity index is 1.56. The number of hydrogen-bond acceptors (Lipinski definition) is 6. The number of likely N-dealkylation sites (tertiary alicyclic amines) is 1. The molecule has 0 radical (unpaired) electrons. The summed E-state index contributed by atoms with van der Waals surface area (Å²) in [4.78, 5) is 44.3. The molecular formula is C33H44ClN3O6. The molecule has 3 amide bonds. The first kappa shape index (κ1) is 32.6. The largest absolute Gasteiger partial charge is 0.492 e. The smallest absolute Gasteiger partial charge is 0.410 e. The maximum atomic E-state index is 14.3. The van der Waals surface area contributed by atoms with Gasteiger partial charge in [-0.2, -0.15) is 0 Å². The molecule has 0 unspecified atom stereocenters. The third-order valence-corrected chi connectivity index (χ3v) is 7.89. The standard InChI is InChI=1S/C33H44ClN3O6/c1-22(23-10-7-6-8-11-23)35-30(38)24-18-25(21-36(20-24)32(40)43-33(2,3)4)31(39)37(26-12-13-26)27-14-15-28(34)29(19-27)42-17-9-16-41-5/h6-8,10-11,14-15,19,22,24-26H,9,12-13,16-18,20-21H2,1-5H3,(H,35,38)/t22-,24+,25-/m1/s1. The normalized spacial score (nSPS) is 19.3. The van der Waals surface area contributed by atoms with E-state index in [0.717, 1.165) is 18.4 Å². The second-order valence-electron chi connectivity index (χ2n) is 12.4. The Bertz CT molecular complexity index is 1260. The summed E-state index contributed by atoms with van der Waals surface area (Å²) in [5, 5.41) is 3.55. The number of hydrogen-bond donors (Lipinski definition) is 1. The average molecular weight is 614 g/mol. The molecule has 43 heavy (non-hydrogen) atoms. The fourth-order valence-electron chi connectivity index (χ4n) is 5.29. The molecule has 1 heterocycles. The summed E-state index contributed by atoms with van der Waals surface area (Å²) in [7, 11) is 1.64. The van der Waals surface area contributed by atoms with E-state index < -0.39 is 23.5 Å². The van der Waals surface area contributed by atoms with Crippen molar-refractivity contribution in [2.45, 2.75) is 71.1 Å². The van der Waals surface area contributed by atoms with Gasteiger partial charge in [-0.3, -0.25) is 9.59 Å². The molecule has 2 aromatic rings. The number of carbonyl (C=O) groups is 3. The SMILES string of the molecule is COCCCOc1cc(N(C(=O)[C@@H]2C[C@H](C(=O)N[C@H](C)c3ccccc3)CN(C(=O)OC(C)(C)C)C2)C2CC2)ccc1Cl. The molecule has 0 aromatic heterocycles. The molecule has 2 fully saturated rings. The van der Waals surface area contributed by atoms with E-state index in [1.54, 1.807) is 44.9 Å². The highest BCUT2D eigenvalue weighted by molar-refractivity contribution is 6.32. The molecule has 3 atom stereocenters. The van der Waals surface area contributed by atoms with E-state index in [-0.39, 0.29) is 37.0 Å². The molecule has 2 aromatic carbocycles. The zero-order valence-electron chi connectivity index (χ0n) is 25.8. The van der Waals surface area contributed by atoms with Gasteiger partial charge in [0.15, 0.2) is 0 Å². The minimum absolute atomic E-state index is 0.0392. The molecule has 4 rings (SSSR count). The highest BCUT2D eigenvalue weighted by atomic mass is 35.5. The van der Waals surface area contributed by atoms with Crippen molar-refractivity contribution in [1.82, 2.24) is 10.2 Å². The summed E-state index contributed by atoms with van der Waals surface area (Å²) in [5.74, 6) is -0.991. The highest BCUT2D eigenvalue weighted by Gasteiger charge is 2.43. The molecule has 1 saturated heterocycles. The molecule has 0 spiro atoms. The molecular weight excluding hydrogens is 570 g/mol. The van der Waals surface area contributed by atoms with Gasteiger partial charge in [0, 0.05) is 51.0 Å². The van der Waals surface area contributed by atoms with Crippen molar-refractivity contribution in [2.75, 3.05) is 38.3 Å². The van der Waals surface area contributed by atoms with E-state index in [1.165, 1.54) is 4.90 Å². The summed E-state index contributed by atoms with van der Waals surface area (Å²) in [6.45, 7) is 8.67. The molecule has 1 saturated carbocycles. The van der Waals surface area contributed by atoms with Crippen molar-refractivity contribution in [3.63, 3.8) is 0 Å². The second-order valence-corrected chi connectivity index (χ2v) is 12.8. The minimum Gasteiger partial charge on any atom is -0.492 e. The van der Waals surface area contributed by atoms with Gasteiger partial charge in [0.25, 0.3) is 0 Å². The molecule has 234 valence electrons. The zero-order valence-corrected chi connectivity index (χ0v) is 26.6. The van der Waals surface area contributed by atoms with Crippen LogP contribution in [0, 0.1) is 11.8 Å². The minimum atomic E-state index is -0.712. The van der Waals surface area contributed by atoms with Crippen LogP contribution in [0.15, 0.2) is 48.5 Å². The Morgan fingerprint density at radius 3 is 2.40 bits per heavy atom. The Morgan fingerprint density at radius 2 is 1.74 bits per heavy atom. The van der Waals surface area contributed by atoms with Crippen LogP contribution in [-0.2, 0) is 19.1 Å². The van der Waals surface area contributed by atoms with Gasteiger partial charge in [-0.15, -0.1) is 0 Å². The lowest BCUT2D eigenvalue weighted by atomic mass is 9.87. The van der Waals surface area contributed by atoms with Gasteiger partial charge in [-0.05, 0) is 64.7 Å².